The first-order chi connectivity index (χ1) is 10.7. The highest BCUT2D eigenvalue weighted by Crippen LogP contribution is 2.32. The molecule has 0 amide bonds. The predicted molar refractivity (Wildman–Crippen MR) is 79.2 cm³/mol. The highest BCUT2D eigenvalue weighted by molar-refractivity contribution is 5.98. The molecule has 0 N–H and O–H groups in total. The van der Waals surface area contributed by atoms with Crippen LogP contribution >= 0.6 is 0 Å². The van der Waals surface area contributed by atoms with Gasteiger partial charge in [-0.25, -0.2) is 9.50 Å². The van der Waals surface area contributed by atoms with Crippen molar-refractivity contribution >= 4 is 11.6 Å². The van der Waals surface area contributed by atoms with E-state index in [2.05, 4.69) is 15.1 Å². The zero-order valence-corrected chi connectivity index (χ0v) is 12.1. The fourth-order valence-electron chi connectivity index (χ4n) is 2.93. The van der Waals surface area contributed by atoms with Crippen LogP contribution in [0.15, 0.2) is 36.8 Å². The van der Waals surface area contributed by atoms with Crippen LogP contribution in [0, 0.1) is 0 Å². The van der Waals surface area contributed by atoms with E-state index in [1.54, 1.807) is 17.8 Å². The van der Waals surface area contributed by atoms with Gasteiger partial charge in [0.25, 0.3) is 5.78 Å². The monoisotopic (exact) mass is 294 g/mol. The summed E-state index contributed by atoms with van der Waals surface area (Å²) in [7, 11) is 1.64. The molecule has 1 atom stereocenters. The highest BCUT2D eigenvalue weighted by atomic mass is 16.5. The number of hydrogen-bond acceptors (Lipinski definition) is 5. The first-order valence-corrected chi connectivity index (χ1v) is 7.11. The molecular weight excluding hydrogens is 280 g/mol. The smallest absolute Gasteiger partial charge is 0.252 e. The summed E-state index contributed by atoms with van der Waals surface area (Å²) in [6.07, 6.45) is 4.40. The van der Waals surface area contributed by atoms with Gasteiger partial charge in [0.1, 0.15) is 12.1 Å². The van der Waals surface area contributed by atoms with Crippen LogP contribution < -0.4 is 4.74 Å². The number of aromatic nitrogens is 4. The molecule has 2 heterocycles. The highest BCUT2D eigenvalue weighted by Gasteiger charge is 2.28. The molecular formula is C16H14N4O2. The van der Waals surface area contributed by atoms with Crippen LogP contribution in [0.2, 0.25) is 0 Å². The summed E-state index contributed by atoms with van der Waals surface area (Å²) in [5, 5.41) is 4.03. The van der Waals surface area contributed by atoms with Crippen molar-refractivity contribution in [3.63, 3.8) is 0 Å². The molecule has 2 aromatic heterocycles. The van der Waals surface area contributed by atoms with Gasteiger partial charge in [0.15, 0.2) is 5.78 Å². The zero-order chi connectivity index (χ0) is 15.1. The Kier molecular flexibility index (Phi) is 2.89. The number of hydrogen-bond donors (Lipinski definition) is 0. The molecule has 0 aliphatic heterocycles. The average Bonchev–Trinajstić information content (AvgIpc) is 3.00. The second kappa shape index (κ2) is 4.91. The number of ether oxygens (including phenoxy) is 1. The third-order valence-electron chi connectivity index (χ3n) is 4.11. The lowest BCUT2D eigenvalue weighted by molar-refractivity contribution is 0.0962. The fourth-order valence-corrected chi connectivity index (χ4v) is 2.93. The SMILES string of the molecule is COc1ccc([C@H]2CC(=O)c3cn4ncnc4nc3C2)cc1. The Morgan fingerprint density at radius 2 is 2.05 bits per heavy atom. The molecule has 1 aliphatic rings. The first kappa shape index (κ1) is 12.9. The van der Waals surface area contributed by atoms with Gasteiger partial charge in [-0.2, -0.15) is 10.1 Å². The lowest BCUT2D eigenvalue weighted by Crippen LogP contribution is -2.21. The van der Waals surface area contributed by atoms with Gasteiger partial charge in [0.05, 0.1) is 18.4 Å². The van der Waals surface area contributed by atoms with Crippen LogP contribution in [0.25, 0.3) is 5.78 Å². The fraction of sp³-hybridized carbons (Fsp3) is 0.250. The number of Topliss-reactive ketones (excluding diaryl/α,β-unsaturated/α-hetero) is 1. The van der Waals surface area contributed by atoms with E-state index in [-0.39, 0.29) is 11.7 Å². The van der Waals surface area contributed by atoms with Crippen molar-refractivity contribution < 1.29 is 9.53 Å². The molecule has 4 rings (SSSR count). The molecule has 1 aliphatic carbocycles. The Morgan fingerprint density at radius 3 is 2.82 bits per heavy atom. The summed E-state index contributed by atoms with van der Waals surface area (Å²) in [6.45, 7) is 0. The van der Waals surface area contributed by atoms with Crippen LogP contribution in [0.5, 0.6) is 5.75 Å². The second-order valence-corrected chi connectivity index (χ2v) is 5.41. The summed E-state index contributed by atoms with van der Waals surface area (Å²) < 4.78 is 6.72. The number of methoxy groups -OCH3 is 1. The van der Waals surface area contributed by atoms with Gasteiger partial charge < -0.3 is 4.74 Å². The Morgan fingerprint density at radius 1 is 1.23 bits per heavy atom. The van der Waals surface area contributed by atoms with E-state index in [1.165, 1.54) is 6.33 Å². The molecule has 3 aromatic rings. The zero-order valence-electron chi connectivity index (χ0n) is 12.1. The molecule has 0 bridgehead atoms. The van der Waals surface area contributed by atoms with Crippen LogP contribution in [0.1, 0.15) is 34.0 Å². The average molecular weight is 294 g/mol. The summed E-state index contributed by atoms with van der Waals surface area (Å²) in [5.74, 6) is 1.59. The topological polar surface area (TPSA) is 69.4 Å². The Balaban J connectivity index is 1.71. The molecule has 22 heavy (non-hydrogen) atoms. The third kappa shape index (κ3) is 2.04. The molecule has 6 heteroatoms. The molecule has 6 nitrogen and oxygen atoms in total. The number of nitrogens with zero attached hydrogens (tertiary/aromatic N) is 4. The van der Waals surface area contributed by atoms with Crippen LogP contribution in [0.4, 0.5) is 0 Å². The Bertz CT molecular complexity index is 854. The first-order valence-electron chi connectivity index (χ1n) is 7.11. The third-order valence-corrected chi connectivity index (χ3v) is 4.11. The van der Waals surface area contributed by atoms with Gasteiger partial charge in [-0.3, -0.25) is 4.79 Å². The maximum atomic E-state index is 12.4. The molecule has 0 radical (unpaired) electrons. The Hall–Kier alpha value is -2.76. The van der Waals surface area contributed by atoms with Gasteiger partial charge in [0.2, 0.25) is 0 Å². The van der Waals surface area contributed by atoms with E-state index in [0.29, 0.717) is 17.8 Å². The maximum absolute atomic E-state index is 12.4. The molecule has 0 fully saturated rings. The molecule has 0 saturated carbocycles. The normalized spacial score (nSPS) is 17.5. The van der Waals surface area contributed by atoms with E-state index in [4.69, 9.17) is 4.74 Å². The maximum Gasteiger partial charge on any atom is 0.252 e. The van der Waals surface area contributed by atoms with E-state index in [1.807, 2.05) is 24.3 Å². The van der Waals surface area contributed by atoms with Crippen molar-refractivity contribution in [2.45, 2.75) is 18.8 Å². The molecule has 0 spiro atoms. The molecule has 1 aromatic carbocycles. The van der Waals surface area contributed by atoms with E-state index >= 15 is 0 Å². The van der Waals surface area contributed by atoms with Gasteiger partial charge in [0, 0.05) is 12.6 Å². The van der Waals surface area contributed by atoms with Crippen LogP contribution in [0.3, 0.4) is 0 Å². The largest absolute Gasteiger partial charge is 0.497 e. The molecule has 0 unspecified atom stereocenters. The molecule has 0 saturated heterocycles. The minimum Gasteiger partial charge on any atom is -0.497 e. The number of benzene rings is 1. The van der Waals surface area contributed by atoms with Crippen LogP contribution in [-0.2, 0) is 6.42 Å². The Labute approximate surface area is 126 Å². The quantitative estimate of drug-likeness (QED) is 0.723. The van der Waals surface area contributed by atoms with E-state index in [0.717, 1.165) is 23.4 Å². The van der Waals surface area contributed by atoms with Gasteiger partial charge >= 0.3 is 0 Å². The van der Waals surface area contributed by atoms with Crippen LogP contribution in [-0.4, -0.2) is 32.5 Å². The lowest BCUT2D eigenvalue weighted by Gasteiger charge is -2.23. The minimum absolute atomic E-state index is 0.104. The van der Waals surface area contributed by atoms with Crippen molar-refractivity contribution in [2.75, 3.05) is 7.11 Å². The summed E-state index contributed by atoms with van der Waals surface area (Å²) >= 11 is 0. The van der Waals surface area contributed by atoms with Crippen molar-refractivity contribution in [2.24, 2.45) is 0 Å². The van der Waals surface area contributed by atoms with Gasteiger partial charge in [-0.05, 0) is 30.0 Å². The second-order valence-electron chi connectivity index (χ2n) is 5.41. The van der Waals surface area contributed by atoms with Gasteiger partial charge in [-0.15, -0.1) is 0 Å². The van der Waals surface area contributed by atoms with Crippen molar-refractivity contribution in [1.82, 2.24) is 19.6 Å². The van der Waals surface area contributed by atoms with E-state index < -0.39 is 0 Å². The number of fused-ring (bicyclic) bond motifs is 2. The number of carbonyl (C=O) groups excluding carboxylic acids is 1. The number of carbonyl (C=O) groups is 1. The number of ketones is 1. The predicted octanol–water partition coefficient (Wildman–Crippen LogP) is 2.05. The molecule has 110 valence electrons. The lowest BCUT2D eigenvalue weighted by atomic mass is 9.82. The van der Waals surface area contributed by atoms with Gasteiger partial charge in [-0.1, -0.05) is 12.1 Å². The minimum atomic E-state index is 0.104. The number of rotatable bonds is 2. The summed E-state index contributed by atoms with van der Waals surface area (Å²) in [5.41, 5.74) is 2.59. The van der Waals surface area contributed by atoms with Crippen molar-refractivity contribution in [1.29, 1.82) is 0 Å². The summed E-state index contributed by atoms with van der Waals surface area (Å²) in [6, 6.07) is 7.86. The summed E-state index contributed by atoms with van der Waals surface area (Å²) in [4.78, 5) is 21.0. The standard InChI is InChI=1S/C16H14N4O2/c1-22-12-4-2-10(3-5-12)11-6-14-13(15(21)7-11)8-20-16(19-14)17-9-18-20/h2-5,8-9,11H,6-7H2,1H3/t11-/m1/s1. The van der Waals surface area contributed by atoms with Crippen molar-refractivity contribution in [3.05, 3.63) is 53.6 Å². The van der Waals surface area contributed by atoms with Crippen molar-refractivity contribution in [3.8, 4) is 5.75 Å². The van der Waals surface area contributed by atoms with E-state index in [9.17, 15) is 4.79 Å².